The van der Waals surface area contributed by atoms with E-state index >= 15 is 0 Å². The van der Waals surface area contributed by atoms with E-state index in [1.165, 1.54) is 48.5 Å². The smallest absolute Gasteiger partial charge is 0.324 e. The second kappa shape index (κ2) is 11.4. The van der Waals surface area contributed by atoms with Gasteiger partial charge in [-0.1, -0.05) is 58.7 Å². The minimum absolute atomic E-state index is 0.0857. The van der Waals surface area contributed by atoms with Crippen molar-refractivity contribution in [2.24, 2.45) is 0 Å². The minimum atomic E-state index is -6.22. The van der Waals surface area contributed by atoms with Gasteiger partial charge in [0.15, 0.2) is 0 Å². The van der Waals surface area contributed by atoms with Gasteiger partial charge in [-0.25, -0.2) is 9.59 Å². The van der Waals surface area contributed by atoms with E-state index in [1.807, 2.05) is 0 Å². The minimum Gasteiger partial charge on any atom is -0.324 e. The van der Waals surface area contributed by atoms with Crippen LogP contribution in [0.15, 0.2) is 97.1 Å². The molecular formula is C33H16F6N2O8. The highest BCUT2D eigenvalue weighted by Crippen LogP contribution is 2.57. The lowest BCUT2D eigenvalue weighted by Crippen LogP contribution is -2.55. The van der Waals surface area contributed by atoms with Crippen LogP contribution < -0.4 is 0 Å². The van der Waals surface area contributed by atoms with E-state index in [-0.39, 0.29) is 33.4 Å². The zero-order valence-corrected chi connectivity index (χ0v) is 24.2. The van der Waals surface area contributed by atoms with Crippen LogP contribution in [0.3, 0.4) is 0 Å². The molecule has 16 heteroatoms. The maximum absolute atomic E-state index is 15.0. The van der Waals surface area contributed by atoms with Gasteiger partial charge in [-0.05, 0) is 59.7 Å². The predicted octanol–water partition coefficient (Wildman–Crippen LogP) is 5.83. The molecule has 4 aromatic rings. The number of hydrogen-bond acceptors (Lipinski definition) is 8. The molecule has 0 unspecified atom stereocenters. The molecule has 4 amide bonds. The normalized spacial score (nSPS) is 14.6. The molecule has 0 atom stereocenters. The first-order valence-corrected chi connectivity index (χ1v) is 13.8. The Labute approximate surface area is 269 Å². The fourth-order valence-corrected chi connectivity index (χ4v) is 5.47. The molecule has 0 N–H and O–H groups in total. The fourth-order valence-electron chi connectivity index (χ4n) is 5.47. The van der Waals surface area contributed by atoms with Crippen LogP contribution in [0, 0.1) is 0 Å². The number of hydroxylamine groups is 4. The Hall–Kier alpha value is -6.32. The number of halogens is 6. The van der Waals surface area contributed by atoms with Crippen molar-refractivity contribution in [3.8, 4) is 0 Å². The van der Waals surface area contributed by atoms with Crippen LogP contribution in [-0.2, 0) is 15.1 Å². The van der Waals surface area contributed by atoms with Gasteiger partial charge in [0, 0.05) is 0 Å². The summed E-state index contributed by atoms with van der Waals surface area (Å²) in [6, 6.07) is 16.0. The van der Waals surface area contributed by atoms with Crippen molar-refractivity contribution < 1.29 is 64.8 Å². The number of imide groups is 2. The van der Waals surface area contributed by atoms with Gasteiger partial charge in [0.25, 0.3) is 23.6 Å². The molecule has 0 saturated heterocycles. The first-order chi connectivity index (χ1) is 23.1. The number of carbonyl (C=O) groups excluding carboxylic acids is 6. The molecule has 4 aromatic carbocycles. The van der Waals surface area contributed by atoms with Crippen LogP contribution in [0.25, 0.3) is 0 Å². The Morgan fingerprint density at radius 3 is 1.12 bits per heavy atom. The third-order valence-corrected chi connectivity index (χ3v) is 7.78. The van der Waals surface area contributed by atoms with E-state index in [9.17, 15) is 55.1 Å². The number of amides is 4. The van der Waals surface area contributed by atoms with Crippen molar-refractivity contribution in [1.29, 1.82) is 0 Å². The van der Waals surface area contributed by atoms with E-state index in [0.717, 1.165) is 0 Å². The Balaban J connectivity index is 1.41. The number of alkyl halides is 6. The SMILES string of the molecule is O=C(ON1C(=O)c2ccc(C(c3ccc4c(c3)C(=O)N(OC(=O)c3ccccc3)C4=O)(C(F)(F)F)C(F)(F)F)cc2C1=O)c1ccccc1. The first kappa shape index (κ1) is 32.6. The van der Waals surface area contributed by atoms with Crippen molar-refractivity contribution >= 4 is 35.6 Å². The highest BCUT2D eigenvalue weighted by atomic mass is 19.4. The molecule has 10 nitrogen and oxygen atoms in total. The highest BCUT2D eigenvalue weighted by Gasteiger charge is 2.73. The quantitative estimate of drug-likeness (QED) is 0.184. The zero-order chi connectivity index (χ0) is 35.5. The summed E-state index contributed by atoms with van der Waals surface area (Å²) in [6.07, 6.45) is -12.4. The Kier molecular flexibility index (Phi) is 7.61. The topological polar surface area (TPSA) is 127 Å². The molecule has 2 aliphatic heterocycles. The van der Waals surface area contributed by atoms with Crippen molar-refractivity contribution in [1.82, 2.24) is 10.1 Å². The van der Waals surface area contributed by atoms with Crippen LogP contribution in [0.4, 0.5) is 26.3 Å². The second-order valence-corrected chi connectivity index (χ2v) is 10.6. The van der Waals surface area contributed by atoms with E-state index in [2.05, 4.69) is 0 Å². The molecule has 49 heavy (non-hydrogen) atoms. The van der Waals surface area contributed by atoms with Crippen LogP contribution >= 0.6 is 0 Å². The average molecular weight is 682 g/mol. The second-order valence-electron chi connectivity index (χ2n) is 10.6. The van der Waals surface area contributed by atoms with E-state index in [0.29, 0.717) is 24.3 Å². The van der Waals surface area contributed by atoms with Crippen LogP contribution in [0.2, 0.25) is 0 Å². The van der Waals surface area contributed by atoms with Crippen LogP contribution in [0.5, 0.6) is 0 Å². The average Bonchev–Trinajstić information content (AvgIpc) is 3.44. The van der Waals surface area contributed by atoms with Crippen molar-refractivity contribution in [3.05, 3.63) is 142 Å². The molecule has 0 bridgehead atoms. The zero-order valence-electron chi connectivity index (χ0n) is 24.2. The summed E-state index contributed by atoms with van der Waals surface area (Å²) in [7, 11) is 0. The lowest BCUT2D eigenvalue weighted by atomic mass is 9.71. The summed E-state index contributed by atoms with van der Waals surface area (Å²) in [5, 5.41) is -0.171. The molecule has 2 heterocycles. The summed E-state index contributed by atoms with van der Waals surface area (Å²) in [5.74, 6) is -8.11. The van der Waals surface area contributed by atoms with Gasteiger partial charge in [-0.2, -0.15) is 26.3 Å². The molecular weight excluding hydrogens is 666 g/mol. The Bertz CT molecular complexity index is 1930. The Morgan fingerprint density at radius 1 is 0.469 bits per heavy atom. The maximum atomic E-state index is 15.0. The molecule has 0 radical (unpaired) electrons. The molecule has 0 saturated carbocycles. The fraction of sp³-hybridized carbons (Fsp3) is 0.0909. The van der Waals surface area contributed by atoms with E-state index in [1.54, 1.807) is 12.1 Å². The summed E-state index contributed by atoms with van der Waals surface area (Å²) in [6.45, 7) is 0. The van der Waals surface area contributed by atoms with E-state index in [4.69, 9.17) is 9.68 Å². The third-order valence-electron chi connectivity index (χ3n) is 7.78. The van der Waals surface area contributed by atoms with Gasteiger partial charge < -0.3 is 9.68 Å². The summed E-state index contributed by atoms with van der Waals surface area (Å²) in [5.41, 5.74) is -11.5. The molecule has 0 spiro atoms. The largest absolute Gasteiger partial charge is 0.411 e. The number of carbonyl (C=O) groups is 6. The van der Waals surface area contributed by atoms with Gasteiger partial charge in [-0.15, -0.1) is 0 Å². The lowest BCUT2D eigenvalue weighted by Gasteiger charge is -2.38. The molecule has 0 aromatic heterocycles. The molecule has 2 aliphatic rings. The van der Waals surface area contributed by atoms with Crippen LogP contribution in [0.1, 0.15) is 73.3 Å². The van der Waals surface area contributed by atoms with Crippen molar-refractivity contribution in [3.63, 3.8) is 0 Å². The van der Waals surface area contributed by atoms with Gasteiger partial charge in [0.05, 0.1) is 33.4 Å². The van der Waals surface area contributed by atoms with E-state index < -0.39 is 86.7 Å². The van der Waals surface area contributed by atoms with Crippen molar-refractivity contribution in [2.45, 2.75) is 17.8 Å². The summed E-state index contributed by atoms with van der Waals surface area (Å²) >= 11 is 0. The predicted molar refractivity (Wildman–Crippen MR) is 150 cm³/mol. The molecule has 6 rings (SSSR count). The molecule has 0 aliphatic carbocycles. The number of hydrogen-bond donors (Lipinski definition) is 0. The summed E-state index contributed by atoms with van der Waals surface area (Å²) in [4.78, 5) is 86.5. The van der Waals surface area contributed by atoms with Crippen molar-refractivity contribution in [2.75, 3.05) is 0 Å². The Morgan fingerprint density at radius 2 is 0.796 bits per heavy atom. The monoisotopic (exact) mass is 682 g/mol. The third kappa shape index (κ3) is 5.08. The van der Waals surface area contributed by atoms with Crippen LogP contribution in [-0.4, -0.2) is 58.0 Å². The maximum Gasteiger partial charge on any atom is 0.411 e. The molecule has 248 valence electrons. The molecule has 0 fully saturated rings. The number of fused-ring (bicyclic) bond motifs is 2. The highest BCUT2D eigenvalue weighted by molar-refractivity contribution is 6.22. The van der Waals surface area contributed by atoms with Gasteiger partial charge >= 0.3 is 24.3 Å². The summed E-state index contributed by atoms with van der Waals surface area (Å²) < 4.78 is 89.9. The van der Waals surface area contributed by atoms with Gasteiger partial charge in [0.2, 0.25) is 5.41 Å². The number of rotatable bonds is 6. The first-order valence-electron chi connectivity index (χ1n) is 13.8. The van der Waals surface area contributed by atoms with Gasteiger partial charge in [-0.3, -0.25) is 19.2 Å². The van der Waals surface area contributed by atoms with Gasteiger partial charge in [0.1, 0.15) is 0 Å². The standard InChI is InChI=1S/C33H16F6N2O8/c34-32(35,36)31(33(37,38)39,19-11-13-21-23(15-19)27(44)40(25(21)42)48-29(46)17-7-3-1-4-8-17)20-12-14-22-24(16-20)28(45)41(26(22)43)49-30(47)18-9-5-2-6-10-18/h1-16H. The number of benzene rings is 4. The lowest BCUT2D eigenvalue weighted by molar-refractivity contribution is -0.288. The number of nitrogens with zero attached hydrogens (tertiary/aromatic N) is 2.